The van der Waals surface area contributed by atoms with Gasteiger partial charge < -0.3 is 15.0 Å². The minimum atomic E-state index is 0.361. The van der Waals surface area contributed by atoms with E-state index in [1.807, 2.05) is 0 Å². The van der Waals surface area contributed by atoms with Gasteiger partial charge in [-0.2, -0.15) is 15.0 Å². The van der Waals surface area contributed by atoms with Gasteiger partial charge >= 0.3 is 6.01 Å². The molecule has 0 saturated carbocycles. The largest absolute Gasteiger partial charge is 0.467 e. The number of methoxy groups -OCH3 is 1. The lowest BCUT2D eigenvalue weighted by Crippen LogP contribution is -2.27. The molecule has 1 saturated heterocycles. The van der Waals surface area contributed by atoms with Crippen LogP contribution >= 0.6 is 0 Å². The summed E-state index contributed by atoms with van der Waals surface area (Å²) in [5.74, 6) is 1.26. The van der Waals surface area contributed by atoms with Crippen LogP contribution in [0.4, 0.5) is 11.9 Å². The second kappa shape index (κ2) is 5.59. The fourth-order valence-electron chi connectivity index (χ4n) is 2.62. The maximum atomic E-state index is 5.13. The van der Waals surface area contributed by atoms with Crippen LogP contribution in [0.1, 0.15) is 33.1 Å². The number of ether oxygens (including phenoxy) is 1. The van der Waals surface area contributed by atoms with Crippen molar-refractivity contribution >= 4 is 11.9 Å². The Labute approximate surface area is 114 Å². The average Bonchev–Trinajstić information content (AvgIpc) is 2.92. The molecule has 6 nitrogen and oxygen atoms in total. The van der Waals surface area contributed by atoms with E-state index in [1.165, 1.54) is 19.3 Å². The Kier molecular flexibility index (Phi) is 4.07. The summed E-state index contributed by atoms with van der Waals surface area (Å²) in [5.41, 5.74) is 0.402. The lowest BCUT2D eigenvalue weighted by atomic mass is 9.82. The average molecular weight is 265 g/mol. The molecule has 0 amide bonds. The molecule has 1 aliphatic heterocycles. The van der Waals surface area contributed by atoms with Gasteiger partial charge in [0.2, 0.25) is 11.9 Å². The van der Waals surface area contributed by atoms with Gasteiger partial charge in [-0.25, -0.2) is 0 Å². The highest BCUT2D eigenvalue weighted by Crippen LogP contribution is 2.38. The van der Waals surface area contributed by atoms with Gasteiger partial charge in [-0.3, -0.25) is 0 Å². The van der Waals surface area contributed by atoms with Crippen molar-refractivity contribution in [2.45, 2.75) is 33.1 Å². The highest BCUT2D eigenvalue weighted by Gasteiger charge is 2.36. The highest BCUT2D eigenvalue weighted by atomic mass is 16.5. The molecule has 2 rings (SSSR count). The fraction of sp³-hybridized carbons (Fsp3) is 0.769. The smallest absolute Gasteiger partial charge is 0.322 e. The molecule has 1 fully saturated rings. The van der Waals surface area contributed by atoms with Gasteiger partial charge in [0.15, 0.2) is 0 Å². The Hall–Kier alpha value is -1.59. The van der Waals surface area contributed by atoms with Crippen molar-refractivity contribution < 1.29 is 4.74 Å². The topological polar surface area (TPSA) is 63.2 Å². The molecule has 0 bridgehead atoms. The monoisotopic (exact) mass is 265 g/mol. The highest BCUT2D eigenvalue weighted by molar-refractivity contribution is 5.39. The lowest BCUT2D eigenvalue weighted by molar-refractivity contribution is 0.301. The molecule has 0 spiro atoms. The van der Waals surface area contributed by atoms with E-state index < -0.39 is 0 Å². The van der Waals surface area contributed by atoms with E-state index in [0.717, 1.165) is 13.1 Å². The van der Waals surface area contributed by atoms with E-state index in [4.69, 9.17) is 4.74 Å². The quantitative estimate of drug-likeness (QED) is 0.877. The zero-order chi connectivity index (χ0) is 13.9. The fourth-order valence-corrected chi connectivity index (χ4v) is 2.62. The molecule has 1 N–H and O–H groups in total. The number of hydrogen-bond donors (Lipinski definition) is 1. The molecule has 0 unspecified atom stereocenters. The summed E-state index contributed by atoms with van der Waals surface area (Å²) < 4.78 is 5.13. The Morgan fingerprint density at radius 2 is 2.00 bits per heavy atom. The first kappa shape index (κ1) is 13.8. The van der Waals surface area contributed by atoms with Crippen molar-refractivity contribution in [3.63, 3.8) is 0 Å². The predicted molar refractivity (Wildman–Crippen MR) is 75.8 cm³/mol. The molecule has 0 radical (unpaired) electrons. The van der Waals surface area contributed by atoms with Crippen LogP contribution in [0, 0.1) is 5.41 Å². The third-order valence-electron chi connectivity index (χ3n) is 4.23. The van der Waals surface area contributed by atoms with E-state index in [2.05, 4.69) is 39.0 Å². The first-order valence-electron chi connectivity index (χ1n) is 6.89. The maximum Gasteiger partial charge on any atom is 0.322 e. The first-order chi connectivity index (χ1) is 9.16. The number of nitrogens with zero attached hydrogens (tertiary/aromatic N) is 4. The Balaban J connectivity index is 2.23. The van der Waals surface area contributed by atoms with Gasteiger partial charge in [-0.1, -0.05) is 13.8 Å². The second-order valence-corrected chi connectivity index (χ2v) is 5.07. The van der Waals surface area contributed by atoms with E-state index in [0.29, 0.717) is 23.3 Å². The Morgan fingerprint density at radius 3 is 2.53 bits per heavy atom. The number of aromatic nitrogens is 3. The number of anilines is 2. The van der Waals surface area contributed by atoms with Crippen LogP contribution in [-0.2, 0) is 0 Å². The molecule has 1 aromatic rings. The molecule has 1 aromatic heterocycles. The Bertz CT molecular complexity index is 411. The van der Waals surface area contributed by atoms with Gasteiger partial charge in [0.05, 0.1) is 7.11 Å². The third-order valence-corrected chi connectivity index (χ3v) is 4.23. The molecule has 6 heteroatoms. The van der Waals surface area contributed by atoms with Crippen molar-refractivity contribution in [1.82, 2.24) is 15.0 Å². The predicted octanol–water partition coefficient (Wildman–Crippen LogP) is 1.94. The number of hydrogen-bond acceptors (Lipinski definition) is 6. The second-order valence-electron chi connectivity index (χ2n) is 5.07. The summed E-state index contributed by atoms with van der Waals surface area (Å²) in [7, 11) is 3.37. The normalized spacial score (nSPS) is 17.6. The molecular formula is C13H23N5O. The summed E-state index contributed by atoms with van der Waals surface area (Å²) in [6.45, 7) is 6.54. The minimum absolute atomic E-state index is 0.361. The first-order valence-corrected chi connectivity index (χ1v) is 6.89. The zero-order valence-electron chi connectivity index (χ0n) is 12.2. The minimum Gasteiger partial charge on any atom is -0.467 e. The van der Waals surface area contributed by atoms with Crippen molar-refractivity contribution in [2.24, 2.45) is 5.41 Å². The van der Waals surface area contributed by atoms with Crippen LogP contribution in [-0.4, -0.2) is 42.2 Å². The van der Waals surface area contributed by atoms with Crippen LogP contribution in [0.5, 0.6) is 6.01 Å². The molecule has 0 aromatic carbocycles. The van der Waals surface area contributed by atoms with E-state index in [1.54, 1.807) is 14.2 Å². The summed E-state index contributed by atoms with van der Waals surface area (Å²) >= 11 is 0. The number of rotatable bonds is 5. The van der Waals surface area contributed by atoms with E-state index in [9.17, 15) is 0 Å². The molecule has 19 heavy (non-hydrogen) atoms. The van der Waals surface area contributed by atoms with Crippen LogP contribution in [0.2, 0.25) is 0 Å². The van der Waals surface area contributed by atoms with Crippen LogP contribution in [0.15, 0.2) is 0 Å². The van der Waals surface area contributed by atoms with Gasteiger partial charge in [0.1, 0.15) is 0 Å². The van der Waals surface area contributed by atoms with Crippen LogP contribution < -0.4 is 15.0 Å². The van der Waals surface area contributed by atoms with Gasteiger partial charge in [-0.05, 0) is 24.7 Å². The SMILES string of the molecule is CCC1(CC)CCN(c2nc(NC)nc(OC)n2)C1. The van der Waals surface area contributed by atoms with Crippen molar-refractivity contribution in [3.05, 3.63) is 0 Å². The molecule has 0 atom stereocenters. The summed E-state index contributed by atoms with van der Waals surface area (Å²) in [6.07, 6.45) is 3.59. The molecule has 0 aliphatic carbocycles. The molecule has 106 valence electrons. The van der Waals surface area contributed by atoms with Gasteiger partial charge in [0, 0.05) is 20.1 Å². The van der Waals surface area contributed by atoms with Crippen LogP contribution in [0.25, 0.3) is 0 Å². The zero-order valence-corrected chi connectivity index (χ0v) is 12.2. The summed E-state index contributed by atoms with van der Waals surface area (Å²) in [4.78, 5) is 15.2. The van der Waals surface area contributed by atoms with Gasteiger partial charge in [0.25, 0.3) is 0 Å². The molecular weight excluding hydrogens is 242 g/mol. The van der Waals surface area contributed by atoms with Crippen molar-refractivity contribution in [1.29, 1.82) is 0 Å². The van der Waals surface area contributed by atoms with Crippen molar-refractivity contribution in [2.75, 3.05) is 37.5 Å². The summed E-state index contributed by atoms with van der Waals surface area (Å²) in [6, 6.07) is 0.361. The van der Waals surface area contributed by atoms with Gasteiger partial charge in [-0.15, -0.1) is 0 Å². The molecule has 2 heterocycles. The van der Waals surface area contributed by atoms with E-state index >= 15 is 0 Å². The third kappa shape index (κ3) is 2.72. The maximum absolute atomic E-state index is 5.13. The summed E-state index contributed by atoms with van der Waals surface area (Å²) in [5, 5.41) is 2.95. The number of nitrogens with one attached hydrogen (secondary N) is 1. The van der Waals surface area contributed by atoms with Crippen molar-refractivity contribution in [3.8, 4) is 6.01 Å². The molecule has 1 aliphatic rings. The lowest BCUT2D eigenvalue weighted by Gasteiger charge is -2.26. The van der Waals surface area contributed by atoms with E-state index in [-0.39, 0.29) is 0 Å². The Morgan fingerprint density at radius 1 is 1.26 bits per heavy atom. The standard InChI is InChI=1S/C13H23N5O/c1-5-13(6-2)7-8-18(9-13)11-15-10(14-3)16-12(17-11)19-4/h5-9H2,1-4H3,(H,14,15,16,17). The van der Waals surface area contributed by atoms with Crippen LogP contribution in [0.3, 0.4) is 0 Å².